The number of carbonyl (C=O) groups excluding carboxylic acids is 2. The van der Waals surface area contributed by atoms with E-state index in [0.29, 0.717) is 18.8 Å². The lowest BCUT2D eigenvalue weighted by atomic mass is 9.89. The van der Waals surface area contributed by atoms with Crippen LogP contribution in [0.25, 0.3) is 0 Å². The molecule has 0 radical (unpaired) electrons. The molecule has 0 aliphatic rings. The Labute approximate surface area is 201 Å². The molecule has 196 valence electrons. The molecule has 0 heterocycles. The number of phosphoric acid groups is 1. The zero-order valence-electron chi connectivity index (χ0n) is 22.1. The molecule has 0 fully saturated rings. The van der Waals surface area contributed by atoms with Crippen molar-refractivity contribution >= 4 is 19.6 Å². The van der Waals surface area contributed by atoms with Gasteiger partial charge in [-0.1, -0.05) is 53.9 Å². The van der Waals surface area contributed by atoms with Crippen LogP contribution < -0.4 is 15.5 Å². The first-order chi connectivity index (χ1) is 15.0. The van der Waals surface area contributed by atoms with E-state index >= 15 is 0 Å². The third kappa shape index (κ3) is 21.3. The molecule has 2 unspecified atom stereocenters. The highest BCUT2D eigenvalue weighted by Gasteiger charge is 2.25. The zero-order chi connectivity index (χ0) is 25.7. The number of amides is 2. The maximum Gasteiger partial charge on any atom is 0.268 e. The maximum absolute atomic E-state index is 12.3. The van der Waals surface area contributed by atoms with Gasteiger partial charge in [0.05, 0.1) is 5.60 Å². The molecule has 2 N–H and O–H groups in total. The quantitative estimate of drug-likeness (QED) is 0.239. The van der Waals surface area contributed by atoms with Crippen LogP contribution in [0.5, 0.6) is 0 Å². The summed E-state index contributed by atoms with van der Waals surface area (Å²) in [4.78, 5) is 36.6. The summed E-state index contributed by atoms with van der Waals surface area (Å²) in [6.45, 7) is 15.5. The fourth-order valence-electron chi connectivity index (χ4n) is 3.10. The zero-order valence-corrected chi connectivity index (χ0v) is 23.0. The predicted octanol–water partition coefficient (Wildman–Crippen LogP) is 4.71. The Hall–Kier alpha value is -0.950. The van der Waals surface area contributed by atoms with Crippen LogP contribution in [0.2, 0.25) is 0 Å². The molecule has 0 saturated carbocycles. The van der Waals surface area contributed by atoms with Crippen molar-refractivity contribution in [3.8, 4) is 0 Å². The van der Waals surface area contributed by atoms with E-state index in [4.69, 9.17) is 9.05 Å². The SMILES string of the molecule is CC(C)CCCCC(=O)NCC(CNC(=O)CCCCC(C)(C)C)OP(=O)([O-])OC(C)(C)C. The van der Waals surface area contributed by atoms with Crippen LogP contribution in [0.3, 0.4) is 0 Å². The van der Waals surface area contributed by atoms with Gasteiger partial charge in [0.2, 0.25) is 11.8 Å². The van der Waals surface area contributed by atoms with Crippen molar-refractivity contribution < 1.29 is 28.1 Å². The number of hydrogen-bond donors (Lipinski definition) is 2. The van der Waals surface area contributed by atoms with E-state index in [0.717, 1.165) is 38.5 Å². The molecular weight excluding hydrogens is 443 g/mol. The summed E-state index contributed by atoms with van der Waals surface area (Å²) in [5, 5.41) is 5.44. The Morgan fingerprint density at radius 2 is 1.36 bits per heavy atom. The summed E-state index contributed by atoms with van der Waals surface area (Å²) in [5.41, 5.74) is -0.720. The third-order valence-electron chi connectivity index (χ3n) is 4.73. The van der Waals surface area contributed by atoms with Gasteiger partial charge in [-0.3, -0.25) is 14.2 Å². The van der Waals surface area contributed by atoms with Gasteiger partial charge in [-0.05, 0) is 51.4 Å². The van der Waals surface area contributed by atoms with Crippen LogP contribution in [-0.2, 0) is 23.2 Å². The van der Waals surface area contributed by atoms with Crippen LogP contribution in [0.15, 0.2) is 0 Å². The first kappa shape index (κ1) is 32.0. The Bertz CT molecular complexity index is 625. The first-order valence-electron chi connectivity index (χ1n) is 12.2. The Morgan fingerprint density at radius 3 is 1.79 bits per heavy atom. The van der Waals surface area contributed by atoms with Crippen molar-refractivity contribution in [3.05, 3.63) is 0 Å². The Kier molecular flexibility index (Phi) is 14.7. The number of carbonyl (C=O) groups is 2. The molecule has 0 saturated heterocycles. The minimum atomic E-state index is -4.62. The first-order valence-corrected chi connectivity index (χ1v) is 13.7. The highest BCUT2D eigenvalue weighted by atomic mass is 31.2. The van der Waals surface area contributed by atoms with Crippen molar-refractivity contribution in [3.63, 3.8) is 0 Å². The van der Waals surface area contributed by atoms with E-state index in [-0.39, 0.29) is 30.3 Å². The topological polar surface area (TPSA) is 117 Å². The van der Waals surface area contributed by atoms with Crippen LogP contribution in [0, 0.1) is 11.3 Å². The van der Waals surface area contributed by atoms with Crippen molar-refractivity contribution in [2.75, 3.05) is 13.1 Å². The van der Waals surface area contributed by atoms with E-state index < -0.39 is 19.5 Å². The van der Waals surface area contributed by atoms with Gasteiger partial charge in [0.15, 0.2) is 0 Å². The molecule has 2 atom stereocenters. The van der Waals surface area contributed by atoms with Crippen molar-refractivity contribution in [2.24, 2.45) is 11.3 Å². The molecule has 0 aromatic rings. The largest absolute Gasteiger partial charge is 0.756 e. The van der Waals surface area contributed by atoms with Crippen LogP contribution >= 0.6 is 7.82 Å². The molecule has 0 rings (SSSR count). The van der Waals surface area contributed by atoms with E-state index in [1.807, 2.05) is 0 Å². The molecule has 0 aromatic heterocycles. The van der Waals surface area contributed by atoms with Gasteiger partial charge in [0, 0.05) is 25.9 Å². The lowest BCUT2D eigenvalue weighted by Crippen LogP contribution is -2.42. The molecule has 0 spiro atoms. The summed E-state index contributed by atoms with van der Waals surface area (Å²) in [6, 6.07) is 0. The monoisotopic (exact) mass is 491 g/mol. The second-order valence-corrected chi connectivity index (χ2v) is 12.7. The van der Waals surface area contributed by atoms with E-state index in [1.165, 1.54) is 0 Å². The Balaban J connectivity index is 4.70. The average Bonchev–Trinajstić information content (AvgIpc) is 2.61. The maximum atomic E-state index is 12.3. The van der Waals surface area contributed by atoms with Gasteiger partial charge in [-0.25, -0.2) is 0 Å². The highest BCUT2D eigenvalue weighted by Crippen LogP contribution is 2.44. The molecule has 2 amide bonds. The third-order valence-corrected chi connectivity index (χ3v) is 6.06. The normalized spacial score (nSPS) is 15.2. The number of phosphoric ester groups is 1. The lowest BCUT2D eigenvalue weighted by Gasteiger charge is -2.33. The van der Waals surface area contributed by atoms with E-state index in [2.05, 4.69) is 45.3 Å². The molecule has 0 aliphatic heterocycles. The van der Waals surface area contributed by atoms with Gasteiger partial charge in [-0.2, -0.15) is 0 Å². The molecule has 0 bridgehead atoms. The van der Waals surface area contributed by atoms with Gasteiger partial charge in [0.1, 0.15) is 6.10 Å². The molecule has 33 heavy (non-hydrogen) atoms. The molecule has 9 heteroatoms. The van der Waals surface area contributed by atoms with Gasteiger partial charge in [0.25, 0.3) is 7.82 Å². The van der Waals surface area contributed by atoms with Crippen molar-refractivity contribution in [1.29, 1.82) is 0 Å². The minimum Gasteiger partial charge on any atom is -0.756 e. The standard InChI is InChI=1S/C24H49N2O6P/c1-19(2)13-9-10-14-21(27)25-17-20(31-33(29,30)32-24(6,7)8)18-26-22(28)15-11-12-16-23(3,4)5/h19-20H,9-18H2,1-8H3,(H,25,27)(H,26,28)(H,29,30)/p-1. The van der Waals surface area contributed by atoms with Crippen LogP contribution in [0.1, 0.15) is 107 Å². The van der Waals surface area contributed by atoms with Crippen LogP contribution in [-0.4, -0.2) is 36.6 Å². The summed E-state index contributed by atoms with van der Waals surface area (Å²) in [7, 11) is -4.62. The smallest absolute Gasteiger partial charge is 0.268 e. The Morgan fingerprint density at radius 1 is 0.879 bits per heavy atom. The number of hydrogen-bond acceptors (Lipinski definition) is 6. The van der Waals surface area contributed by atoms with Gasteiger partial charge < -0.3 is 24.6 Å². The van der Waals surface area contributed by atoms with Crippen molar-refractivity contribution in [1.82, 2.24) is 10.6 Å². The lowest BCUT2D eigenvalue weighted by molar-refractivity contribution is -0.237. The van der Waals surface area contributed by atoms with Crippen LogP contribution in [0.4, 0.5) is 0 Å². The van der Waals surface area contributed by atoms with Gasteiger partial charge in [-0.15, -0.1) is 0 Å². The molecule has 0 aliphatic carbocycles. The molecule has 0 aromatic carbocycles. The van der Waals surface area contributed by atoms with Crippen molar-refractivity contribution in [2.45, 2.75) is 118 Å². The summed E-state index contributed by atoms with van der Waals surface area (Å²) in [6.07, 6.45) is 5.30. The fourth-order valence-corrected chi connectivity index (χ4v) is 4.33. The summed E-state index contributed by atoms with van der Waals surface area (Å²) in [5.74, 6) is 0.255. The summed E-state index contributed by atoms with van der Waals surface area (Å²) < 4.78 is 22.5. The predicted molar refractivity (Wildman–Crippen MR) is 131 cm³/mol. The number of nitrogens with one attached hydrogen (secondary N) is 2. The average molecular weight is 492 g/mol. The fraction of sp³-hybridized carbons (Fsp3) is 0.917. The number of unbranched alkanes of at least 4 members (excludes halogenated alkanes) is 2. The second-order valence-electron chi connectivity index (χ2n) is 11.4. The number of rotatable bonds is 16. The molecule has 8 nitrogen and oxygen atoms in total. The second kappa shape index (κ2) is 15.1. The minimum absolute atomic E-state index is 0.0347. The summed E-state index contributed by atoms with van der Waals surface area (Å²) >= 11 is 0. The van der Waals surface area contributed by atoms with E-state index in [9.17, 15) is 19.0 Å². The highest BCUT2D eigenvalue weighted by molar-refractivity contribution is 7.45. The van der Waals surface area contributed by atoms with Gasteiger partial charge >= 0.3 is 0 Å². The van der Waals surface area contributed by atoms with E-state index in [1.54, 1.807) is 20.8 Å². The molecular formula is C24H48N2O6P-.